The molecular weight excluding hydrogens is 385 g/mol. The summed E-state index contributed by atoms with van der Waals surface area (Å²) in [6.45, 7) is -0.354. The quantitative estimate of drug-likeness (QED) is 0.474. The molecule has 2 fully saturated rings. The molecule has 1 aromatic heterocycles. The number of ketones is 1. The second-order valence-corrected chi connectivity index (χ2v) is 8.55. The van der Waals surface area contributed by atoms with Crippen LogP contribution < -0.4 is 5.73 Å². The fourth-order valence-electron chi connectivity index (χ4n) is 2.72. The molecule has 2 aliphatic rings. The molecule has 0 radical (unpaired) electrons. The molecule has 0 bridgehead atoms. The number of hydrogen-bond acceptors (Lipinski definition) is 6. The Morgan fingerprint density at radius 3 is 2.64 bits per heavy atom. The van der Waals surface area contributed by atoms with Crippen LogP contribution in [-0.4, -0.2) is 37.7 Å². The second-order valence-electron chi connectivity index (χ2n) is 5.95. The van der Waals surface area contributed by atoms with E-state index in [1.807, 2.05) is 0 Å². The Bertz CT molecular complexity index is 783. The van der Waals surface area contributed by atoms with E-state index in [1.165, 1.54) is 12.3 Å². The number of anilines is 1. The maximum atomic E-state index is 12.6. The molecule has 1 aliphatic heterocycles. The first-order valence-electron chi connectivity index (χ1n) is 7.65. The predicted octanol–water partition coefficient (Wildman–Crippen LogP) is 3.54. The summed E-state index contributed by atoms with van der Waals surface area (Å²) in [4.78, 5) is 42.3. The lowest BCUT2D eigenvalue weighted by Gasteiger charge is -2.26. The Balaban J connectivity index is 1.75. The van der Waals surface area contributed by atoms with E-state index in [0.29, 0.717) is 36.3 Å². The summed E-state index contributed by atoms with van der Waals surface area (Å²) in [6.07, 6.45) is 3.59. The number of allylic oxidation sites excluding steroid dienone is 1. The molecular formula is C16H15Cl2N3O3S. The molecule has 0 atom stereocenters. The first-order valence-corrected chi connectivity index (χ1v) is 9.22. The Hall–Kier alpha value is -1.57. The molecule has 9 heteroatoms. The van der Waals surface area contributed by atoms with Crippen LogP contribution in [0.25, 0.3) is 0 Å². The van der Waals surface area contributed by atoms with Gasteiger partial charge in [-0.3, -0.25) is 24.3 Å². The molecule has 132 valence electrons. The number of nitrogen functional groups attached to an aromatic ring is 1. The van der Waals surface area contributed by atoms with Crippen LogP contribution >= 0.6 is 35.0 Å². The van der Waals surface area contributed by atoms with E-state index in [1.54, 1.807) is 6.07 Å². The van der Waals surface area contributed by atoms with Gasteiger partial charge in [0.2, 0.25) is 5.78 Å². The smallest absolute Gasteiger partial charge is 0.293 e. The fourth-order valence-corrected chi connectivity index (χ4v) is 4.08. The van der Waals surface area contributed by atoms with E-state index in [0.717, 1.165) is 22.2 Å². The molecule has 1 aromatic rings. The largest absolute Gasteiger partial charge is 0.399 e. The maximum absolute atomic E-state index is 12.6. The highest BCUT2D eigenvalue weighted by Gasteiger charge is 2.40. The molecule has 6 nitrogen and oxygen atoms in total. The van der Waals surface area contributed by atoms with Crippen molar-refractivity contribution in [1.29, 1.82) is 0 Å². The highest BCUT2D eigenvalue weighted by Crippen LogP contribution is 2.44. The van der Waals surface area contributed by atoms with Gasteiger partial charge in [-0.15, -0.1) is 23.2 Å². The summed E-state index contributed by atoms with van der Waals surface area (Å²) in [5.74, 6) is -0.885. The van der Waals surface area contributed by atoms with Crippen LogP contribution in [0.4, 0.5) is 10.5 Å². The minimum atomic E-state index is -0.783. The maximum Gasteiger partial charge on any atom is 0.293 e. The monoisotopic (exact) mass is 399 g/mol. The van der Waals surface area contributed by atoms with E-state index in [4.69, 9.17) is 28.9 Å². The van der Waals surface area contributed by atoms with Crippen LogP contribution in [0.15, 0.2) is 28.8 Å². The first kappa shape index (κ1) is 18.2. The highest BCUT2D eigenvalue weighted by molar-refractivity contribution is 8.18. The van der Waals surface area contributed by atoms with Crippen LogP contribution in [-0.2, 0) is 4.79 Å². The van der Waals surface area contributed by atoms with Crippen molar-refractivity contribution in [2.45, 2.75) is 30.0 Å². The zero-order chi connectivity index (χ0) is 18.2. The number of carbonyl (C=O) groups is 3. The molecule has 2 amide bonds. The Morgan fingerprint density at radius 2 is 2.00 bits per heavy atom. The summed E-state index contributed by atoms with van der Waals surface area (Å²) in [7, 11) is 0. The van der Waals surface area contributed by atoms with Crippen molar-refractivity contribution in [2.75, 3.05) is 12.3 Å². The normalized spacial score (nSPS) is 20.3. The lowest BCUT2D eigenvalue weighted by atomic mass is 9.93. The Kier molecular flexibility index (Phi) is 5.09. The molecule has 0 spiro atoms. The second kappa shape index (κ2) is 6.97. The van der Waals surface area contributed by atoms with Crippen LogP contribution in [0, 0.1) is 0 Å². The van der Waals surface area contributed by atoms with Crippen molar-refractivity contribution in [3.8, 4) is 0 Å². The van der Waals surface area contributed by atoms with Crippen LogP contribution in [0.2, 0.25) is 0 Å². The van der Waals surface area contributed by atoms with Crippen molar-refractivity contribution in [2.24, 2.45) is 0 Å². The summed E-state index contributed by atoms with van der Waals surface area (Å²) in [6, 6.07) is 2.97. The van der Waals surface area contributed by atoms with Crippen molar-refractivity contribution >= 4 is 57.6 Å². The molecule has 3 rings (SSSR count). The number of thioether (sulfide) groups is 1. The minimum absolute atomic E-state index is 0.124. The van der Waals surface area contributed by atoms with E-state index < -0.39 is 21.3 Å². The molecule has 1 saturated heterocycles. The first-order chi connectivity index (χ1) is 11.8. The molecule has 2 heterocycles. The van der Waals surface area contributed by atoms with Crippen LogP contribution in [0.1, 0.15) is 36.2 Å². The van der Waals surface area contributed by atoms with E-state index in [-0.39, 0.29) is 12.2 Å². The van der Waals surface area contributed by atoms with Gasteiger partial charge in [-0.2, -0.15) is 0 Å². The number of aromatic nitrogens is 1. The van der Waals surface area contributed by atoms with Crippen molar-refractivity contribution in [3.63, 3.8) is 0 Å². The summed E-state index contributed by atoms with van der Waals surface area (Å²) in [5.41, 5.74) is 7.01. The number of hydrogen-bond donors (Lipinski definition) is 1. The van der Waals surface area contributed by atoms with Crippen LogP contribution in [0.5, 0.6) is 0 Å². The number of nitrogens with zero attached hydrogens (tertiary/aromatic N) is 2. The summed E-state index contributed by atoms with van der Waals surface area (Å²) >= 11 is 13.1. The molecule has 0 aromatic carbocycles. The number of alkyl halides is 2. The number of carbonyl (C=O) groups excluding carboxylic acids is 3. The summed E-state index contributed by atoms with van der Waals surface area (Å²) in [5, 5.41) is -0.460. The molecule has 1 aliphatic carbocycles. The molecule has 2 N–H and O–H groups in total. The number of pyridine rings is 1. The van der Waals surface area contributed by atoms with Gasteiger partial charge in [0.25, 0.3) is 11.1 Å². The molecule has 0 unspecified atom stereocenters. The molecule has 1 saturated carbocycles. The zero-order valence-corrected chi connectivity index (χ0v) is 15.5. The van der Waals surface area contributed by atoms with Crippen molar-refractivity contribution < 1.29 is 14.4 Å². The van der Waals surface area contributed by atoms with Crippen molar-refractivity contribution in [1.82, 2.24) is 9.88 Å². The highest BCUT2D eigenvalue weighted by atomic mass is 35.5. The average Bonchev–Trinajstić information content (AvgIpc) is 2.83. The standard InChI is InChI=1S/C16H15Cl2N3O3S/c17-16(18)4-1-9(2-5-16)13-14(23)21(15(24)25-13)8-12(22)11-7-10(19)3-6-20-11/h3,6-7H,1-2,4-5,8H2,(H2,19,20). The average molecular weight is 400 g/mol. The molecule has 25 heavy (non-hydrogen) atoms. The van der Waals surface area contributed by atoms with Gasteiger partial charge in [-0.05, 0) is 49.6 Å². The van der Waals surface area contributed by atoms with Gasteiger partial charge in [0.1, 0.15) is 10.0 Å². The fraction of sp³-hybridized carbons (Fsp3) is 0.375. The number of Topliss-reactive ketones (excluding diaryl/α,β-unsaturated/α-hetero) is 1. The number of halogens is 2. The van der Waals surface area contributed by atoms with Gasteiger partial charge < -0.3 is 5.73 Å². The van der Waals surface area contributed by atoms with Gasteiger partial charge in [-0.25, -0.2) is 0 Å². The third-order valence-electron chi connectivity index (χ3n) is 4.13. The lowest BCUT2D eigenvalue weighted by molar-refractivity contribution is -0.122. The lowest BCUT2D eigenvalue weighted by Crippen LogP contribution is -2.34. The zero-order valence-electron chi connectivity index (χ0n) is 13.1. The van der Waals surface area contributed by atoms with Gasteiger partial charge in [0.15, 0.2) is 0 Å². The van der Waals surface area contributed by atoms with Crippen LogP contribution in [0.3, 0.4) is 0 Å². The van der Waals surface area contributed by atoms with Gasteiger partial charge in [-0.1, -0.05) is 5.57 Å². The SMILES string of the molecule is Nc1ccnc(C(=O)CN2C(=O)SC(=C3CCC(Cl)(Cl)CC3)C2=O)c1. The third kappa shape index (κ3) is 3.99. The van der Waals surface area contributed by atoms with Gasteiger partial charge in [0.05, 0.1) is 11.4 Å². The van der Waals surface area contributed by atoms with E-state index in [2.05, 4.69) is 4.98 Å². The number of amides is 2. The third-order valence-corrected chi connectivity index (χ3v) is 5.95. The number of nitrogens with two attached hydrogens (primary N) is 1. The summed E-state index contributed by atoms with van der Waals surface area (Å²) < 4.78 is -0.783. The Morgan fingerprint density at radius 1 is 1.32 bits per heavy atom. The number of imide groups is 1. The Labute approximate surface area is 158 Å². The van der Waals surface area contributed by atoms with Gasteiger partial charge >= 0.3 is 0 Å². The number of rotatable bonds is 3. The van der Waals surface area contributed by atoms with Gasteiger partial charge in [0, 0.05) is 11.9 Å². The topological polar surface area (TPSA) is 93.4 Å². The van der Waals surface area contributed by atoms with E-state index in [9.17, 15) is 14.4 Å². The minimum Gasteiger partial charge on any atom is -0.399 e. The van der Waals surface area contributed by atoms with Crippen molar-refractivity contribution in [3.05, 3.63) is 34.5 Å². The predicted molar refractivity (Wildman–Crippen MR) is 97.6 cm³/mol. The van der Waals surface area contributed by atoms with E-state index >= 15 is 0 Å².